The van der Waals surface area contributed by atoms with E-state index in [0.29, 0.717) is 23.3 Å². The molecule has 0 fully saturated rings. The number of methoxy groups -OCH3 is 1. The number of ether oxygens (including phenoxy) is 1. The Morgan fingerprint density at radius 2 is 1.94 bits per heavy atom. The number of nitrogen functional groups attached to an aromatic ring is 1. The smallest absolute Gasteiger partial charge is 0.330 e. The fourth-order valence-corrected chi connectivity index (χ4v) is 3.73. The number of aromatic amines is 1. The maximum atomic E-state index is 13.7. The Morgan fingerprint density at radius 3 is 2.60 bits per heavy atom. The summed E-state index contributed by atoms with van der Waals surface area (Å²) >= 11 is 0. The Balaban J connectivity index is 2.23. The minimum atomic E-state index is -0.842. The second-order valence-electron chi connectivity index (χ2n) is 7.96. The topological polar surface area (TPSA) is 154 Å². The number of para-hydroxylation sites is 1. The molecule has 3 N–H and O–H groups in total. The van der Waals surface area contributed by atoms with E-state index in [1.807, 2.05) is 6.92 Å². The highest BCUT2D eigenvalue weighted by atomic mass is 16.6. The van der Waals surface area contributed by atoms with Crippen molar-refractivity contribution in [3.63, 3.8) is 0 Å². The van der Waals surface area contributed by atoms with E-state index in [4.69, 9.17) is 10.5 Å². The number of nitrogens with one attached hydrogen (secondary N) is 1. The van der Waals surface area contributed by atoms with Crippen LogP contribution in [0.3, 0.4) is 0 Å². The predicted octanol–water partition coefficient (Wildman–Crippen LogP) is 2.99. The van der Waals surface area contributed by atoms with Crippen LogP contribution in [0.2, 0.25) is 0 Å². The van der Waals surface area contributed by atoms with Crippen molar-refractivity contribution in [2.75, 3.05) is 17.7 Å². The molecule has 0 saturated heterocycles. The minimum Gasteiger partial charge on any atom is -0.496 e. The summed E-state index contributed by atoms with van der Waals surface area (Å²) in [4.78, 5) is 53.3. The average Bonchev–Trinajstić information content (AvgIpc) is 2.83. The van der Waals surface area contributed by atoms with Crippen LogP contribution >= 0.6 is 0 Å². The Kier molecular flexibility index (Phi) is 7.69. The number of aromatic nitrogens is 2. The second kappa shape index (κ2) is 10.7. The maximum absolute atomic E-state index is 13.7. The Hall–Kier alpha value is -4.41. The van der Waals surface area contributed by atoms with E-state index in [2.05, 4.69) is 4.98 Å². The quantitative estimate of drug-likeness (QED) is 0.352. The third-order valence-electron chi connectivity index (χ3n) is 5.64. The summed E-state index contributed by atoms with van der Waals surface area (Å²) in [7, 11) is 1.47. The Morgan fingerprint density at radius 1 is 1.23 bits per heavy atom. The first-order valence-electron chi connectivity index (χ1n) is 11.0. The summed E-state index contributed by atoms with van der Waals surface area (Å²) in [6, 6.07) is 11.0. The zero-order valence-electron chi connectivity index (χ0n) is 19.7. The maximum Gasteiger partial charge on any atom is 0.330 e. The van der Waals surface area contributed by atoms with Crippen molar-refractivity contribution in [1.82, 2.24) is 9.55 Å². The van der Waals surface area contributed by atoms with Gasteiger partial charge in [-0.05, 0) is 25.5 Å². The van der Waals surface area contributed by atoms with Gasteiger partial charge in [0.2, 0.25) is 0 Å². The highest BCUT2D eigenvalue weighted by Crippen LogP contribution is 2.27. The fourth-order valence-electron chi connectivity index (χ4n) is 3.73. The van der Waals surface area contributed by atoms with E-state index >= 15 is 0 Å². The zero-order valence-corrected chi connectivity index (χ0v) is 19.7. The molecular weight excluding hydrogens is 454 g/mol. The highest BCUT2D eigenvalue weighted by Gasteiger charge is 2.28. The van der Waals surface area contributed by atoms with Gasteiger partial charge >= 0.3 is 5.69 Å². The third-order valence-corrected chi connectivity index (χ3v) is 5.64. The summed E-state index contributed by atoms with van der Waals surface area (Å²) in [6.07, 6.45) is 1.40. The molecule has 0 radical (unpaired) electrons. The predicted molar refractivity (Wildman–Crippen MR) is 132 cm³/mol. The number of nitrogens with two attached hydrogens (primary N) is 1. The van der Waals surface area contributed by atoms with Crippen LogP contribution in [0.25, 0.3) is 0 Å². The zero-order chi connectivity index (χ0) is 25.7. The molecule has 0 spiro atoms. The van der Waals surface area contributed by atoms with Crippen molar-refractivity contribution in [2.24, 2.45) is 0 Å². The standard InChI is InChI=1S/C24H27N5O6/c1-4-5-12-27-21(25)20(22(30)26-24(27)32)28(14-17-8-6-7-9-19(17)35-3)23(31)16-11-10-15(2)18(13-16)29(33)34/h6-11,13H,4-5,12,14,25H2,1-3H3,(H,26,30,32). The van der Waals surface area contributed by atoms with Gasteiger partial charge in [-0.2, -0.15) is 0 Å². The van der Waals surface area contributed by atoms with E-state index in [9.17, 15) is 24.5 Å². The molecule has 1 aromatic heterocycles. The normalized spacial score (nSPS) is 10.7. The van der Waals surface area contributed by atoms with Crippen molar-refractivity contribution in [2.45, 2.75) is 39.8 Å². The Bertz CT molecular complexity index is 1380. The number of anilines is 2. The van der Waals surface area contributed by atoms with Crippen LogP contribution in [0.1, 0.15) is 41.3 Å². The van der Waals surface area contributed by atoms with Crippen LogP contribution in [0.15, 0.2) is 52.1 Å². The lowest BCUT2D eigenvalue weighted by atomic mass is 10.1. The molecular formula is C24H27N5O6. The number of nitrogens with zero attached hydrogens (tertiary/aromatic N) is 3. The van der Waals surface area contributed by atoms with Crippen LogP contribution in [-0.2, 0) is 13.1 Å². The number of unbranched alkanes of at least 4 members (excludes halogenated alkanes) is 1. The summed E-state index contributed by atoms with van der Waals surface area (Å²) < 4.78 is 6.60. The largest absolute Gasteiger partial charge is 0.496 e. The fraction of sp³-hybridized carbons (Fsp3) is 0.292. The van der Waals surface area contributed by atoms with E-state index in [1.165, 1.54) is 23.8 Å². The molecule has 35 heavy (non-hydrogen) atoms. The molecule has 0 saturated carbocycles. The molecule has 0 bridgehead atoms. The third kappa shape index (κ3) is 5.24. The first-order valence-corrected chi connectivity index (χ1v) is 11.0. The van der Waals surface area contributed by atoms with E-state index in [1.54, 1.807) is 31.2 Å². The van der Waals surface area contributed by atoms with Gasteiger partial charge in [0, 0.05) is 29.3 Å². The van der Waals surface area contributed by atoms with Crippen molar-refractivity contribution in [3.8, 4) is 5.75 Å². The van der Waals surface area contributed by atoms with Gasteiger partial charge in [-0.15, -0.1) is 0 Å². The lowest BCUT2D eigenvalue weighted by Gasteiger charge is -2.25. The number of benzene rings is 2. The average molecular weight is 482 g/mol. The van der Waals surface area contributed by atoms with Crippen LogP contribution in [-0.4, -0.2) is 27.5 Å². The number of amides is 1. The van der Waals surface area contributed by atoms with Gasteiger partial charge in [-0.3, -0.25) is 34.2 Å². The van der Waals surface area contributed by atoms with Gasteiger partial charge in [0.25, 0.3) is 17.2 Å². The summed E-state index contributed by atoms with van der Waals surface area (Å²) in [5, 5.41) is 11.5. The van der Waals surface area contributed by atoms with Gasteiger partial charge < -0.3 is 10.5 Å². The number of hydrogen-bond acceptors (Lipinski definition) is 7. The minimum absolute atomic E-state index is 0.0118. The molecule has 184 valence electrons. The lowest BCUT2D eigenvalue weighted by Crippen LogP contribution is -2.41. The van der Waals surface area contributed by atoms with Crippen molar-refractivity contribution >= 4 is 23.1 Å². The summed E-state index contributed by atoms with van der Waals surface area (Å²) in [5.74, 6) is -0.400. The molecule has 0 aliphatic carbocycles. The molecule has 11 heteroatoms. The number of rotatable bonds is 9. The molecule has 0 aliphatic rings. The molecule has 0 unspecified atom stereocenters. The molecule has 1 amide bonds. The van der Waals surface area contributed by atoms with Gasteiger partial charge in [-0.25, -0.2) is 4.79 Å². The van der Waals surface area contributed by atoms with Crippen molar-refractivity contribution in [3.05, 3.63) is 90.1 Å². The van der Waals surface area contributed by atoms with Gasteiger partial charge in [0.15, 0.2) is 5.69 Å². The molecule has 3 rings (SSSR count). The number of nitro benzene ring substituents is 1. The molecule has 0 aliphatic heterocycles. The first kappa shape index (κ1) is 25.2. The van der Waals surface area contributed by atoms with Crippen LogP contribution in [0.5, 0.6) is 5.75 Å². The van der Waals surface area contributed by atoms with Gasteiger partial charge in [0.1, 0.15) is 11.6 Å². The monoisotopic (exact) mass is 481 g/mol. The van der Waals surface area contributed by atoms with Crippen molar-refractivity contribution < 1.29 is 14.5 Å². The molecule has 11 nitrogen and oxygen atoms in total. The van der Waals surface area contributed by atoms with E-state index in [-0.39, 0.29) is 35.8 Å². The van der Waals surface area contributed by atoms with Gasteiger partial charge in [0.05, 0.1) is 18.6 Å². The molecule has 0 atom stereocenters. The number of hydrogen-bond donors (Lipinski definition) is 2. The molecule has 1 heterocycles. The Labute approximate surface area is 200 Å². The van der Waals surface area contributed by atoms with E-state index < -0.39 is 22.1 Å². The lowest BCUT2D eigenvalue weighted by molar-refractivity contribution is -0.385. The summed E-state index contributed by atoms with van der Waals surface area (Å²) in [6.45, 7) is 3.61. The number of carbonyl (C=O) groups is 1. The number of aryl methyl sites for hydroxylation is 1. The number of H-pyrrole nitrogens is 1. The van der Waals surface area contributed by atoms with Crippen LogP contribution < -0.4 is 26.6 Å². The van der Waals surface area contributed by atoms with Gasteiger partial charge in [-0.1, -0.05) is 37.6 Å². The number of carbonyl (C=O) groups excluding carboxylic acids is 1. The van der Waals surface area contributed by atoms with Crippen molar-refractivity contribution in [1.29, 1.82) is 0 Å². The van der Waals surface area contributed by atoms with Crippen LogP contribution in [0, 0.1) is 17.0 Å². The highest BCUT2D eigenvalue weighted by molar-refractivity contribution is 6.07. The second-order valence-corrected chi connectivity index (χ2v) is 7.96. The molecule has 3 aromatic rings. The van der Waals surface area contributed by atoms with Crippen LogP contribution in [0.4, 0.5) is 17.2 Å². The van der Waals surface area contributed by atoms with E-state index in [0.717, 1.165) is 17.4 Å². The molecule has 2 aromatic carbocycles. The summed E-state index contributed by atoms with van der Waals surface area (Å²) in [5.41, 5.74) is 5.24. The first-order chi connectivity index (χ1) is 16.7. The number of nitro groups is 1. The SMILES string of the molecule is CCCCn1c(N)c(N(Cc2ccccc2OC)C(=O)c2ccc(C)c([N+](=O)[O-])c2)c(=O)[nH]c1=O.